The van der Waals surface area contributed by atoms with E-state index in [0.29, 0.717) is 20.4 Å². The minimum Gasteiger partial charge on any atom is -0.488 e. The lowest BCUT2D eigenvalue weighted by Crippen LogP contribution is -2.37. The Hall–Kier alpha value is -5.19. The molecule has 6 rings (SSSR count). The zero-order valence-corrected chi connectivity index (χ0v) is 26.6. The Labute approximate surface area is 267 Å². The molecular weight excluding hydrogens is 623 g/mol. The number of benzene rings is 5. The van der Waals surface area contributed by atoms with Crippen molar-refractivity contribution in [3.05, 3.63) is 155 Å². The second kappa shape index (κ2) is 12.3. The van der Waals surface area contributed by atoms with Crippen molar-refractivity contribution in [3.63, 3.8) is 0 Å². The first kappa shape index (κ1) is 30.8. The highest BCUT2D eigenvalue weighted by Crippen LogP contribution is 2.35. The van der Waals surface area contributed by atoms with E-state index in [2.05, 4.69) is 0 Å². The number of fused-ring (bicyclic) bond motifs is 1. The van der Waals surface area contributed by atoms with Gasteiger partial charge in [-0.15, -0.1) is 0 Å². The highest BCUT2D eigenvalue weighted by atomic mass is 32.3. The zero-order valence-electron chi connectivity index (χ0n) is 25.0. The van der Waals surface area contributed by atoms with Gasteiger partial charge in [-0.1, -0.05) is 83.9 Å². The lowest BCUT2D eigenvalue weighted by Gasteiger charge is -2.24. The van der Waals surface area contributed by atoms with Crippen LogP contribution in [0.2, 0.25) is 0 Å². The molecule has 0 N–H and O–H groups in total. The van der Waals surface area contributed by atoms with Crippen LogP contribution in [0.1, 0.15) is 16.7 Å². The maximum Gasteiger partial charge on any atom is 0.344 e. The molecule has 0 saturated heterocycles. The molecule has 46 heavy (non-hydrogen) atoms. The van der Waals surface area contributed by atoms with Crippen LogP contribution in [0.4, 0.5) is 5.69 Å². The van der Waals surface area contributed by atoms with Crippen molar-refractivity contribution >= 4 is 36.7 Å². The largest absolute Gasteiger partial charge is 0.488 e. The third kappa shape index (κ3) is 6.04. The van der Waals surface area contributed by atoms with E-state index >= 15 is 0 Å². The van der Waals surface area contributed by atoms with Crippen LogP contribution in [0.3, 0.4) is 0 Å². The number of anilines is 1. The van der Waals surface area contributed by atoms with Crippen molar-refractivity contribution in [3.8, 4) is 16.9 Å². The van der Waals surface area contributed by atoms with E-state index in [1.54, 1.807) is 68.4 Å². The smallest absolute Gasteiger partial charge is 0.344 e. The van der Waals surface area contributed by atoms with Gasteiger partial charge in [0.1, 0.15) is 17.9 Å². The third-order valence-corrected chi connectivity index (χ3v) is 11.6. The van der Waals surface area contributed by atoms with E-state index in [1.165, 1.54) is 42.5 Å². The van der Waals surface area contributed by atoms with Gasteiger partial charge in [0, 0.05) is 10.9 Å². The van der Waals surface area contributed by atoms with Gasteiger partial charge < -0.3 is 9.15 Å². The van der Waals surface area contributed by atoms with Gasteiger partial charge in [-0.3, -0.25) is 0 Å². The highest BCUT2D eigenvalue weighted by molar-refractivity contribution is 8.10. The molecule has 1 heterocycles. The topological polar surface area (TPSA) is 111 Å². The number of aryl methyl sites for hydroxylation is 2. The summed E-state index contributed by atoms with van der Waals surface area (Å²) in [5, 5.41) is 0.313. The van der Waals surface area contributed by atoms with Gasteiger partial charge in [-0.2, -0.15) is 3.71 Å². The van der Waals surface area contributed by atoms with Crippen molar-refractivity contribution in [2.24, 2.45) is 0 Å². The molecule has 0 aliphatic carbocycles. The molecule has 0 bridgehead atoms. The van der Waals surface area contributed by atoms with Crippen LogP contribution < -0.4 is 14.1 Å². The SMILES string of the molecule is Cc1ccc(S(=O)(=O)N(c2ccc3oc(=O)c(-c4ccccc4OCc4ccccc4)cc3c2)S(=O)(=O)c2ccc(C)cc2)cc1. The second-order valence-electron chi connectivity index (χ2n) is 10.8. The first-order valence-corrected chi connectivity index (χ1v) is 17.2. The quantitative estimate of drug-likeness (QED) is 0.152. The molecule has 10 heteroatoms. The Morgan fingerprint density at radius 3 is 1.80 bits per heavy atom. The summed E-state index contributed by atoms with van der Waals surface area (Å²) in [5.41, 5.74) is 2.58. The molecule has 0 amide bonds. The average Bonchev–Trinajstić information content (AvgIpc) is 3.04. The van der Waals surface area contributed by atoms with Gasteiger partial charge in [-0.25, -0.2) is 21.6 Å². The summed E-state index contributed by atoms with van der Waals surface area (Å²) in [7, 11) is -9.27. The first-order valence-electron chi connectivity index (χ1n) is 14.3. The van der Waals surface area contributed by atoms with E-state index in [0.717, 1.165) is 16.7 Å². The molecule has 0 spiro atoms. The van der Waals surface area contributed by atoms with Crippen molar-refractivity contribution in [1.29, 1.82) is 0 Å². The highest BCUT2D eigenvalue weighted by Gasteiger charge is 2.37. The van der Waals surface area contributed by atoms with Gasteiger partial charge in [0.25, 0.3) is 20.0 Å². The van der Waals surface area contributed by atoms with Crippen molar-refractivity contribution < 1.29 is 26.0 Å². The fraction of sp³-hybridized carbons (Fsp3) is 0.0833. The van der Waals surface area contributed by atoms with E-state index in [-0.39, 0.29) is 33.2 Å². The van der Waals surface area contributed by atoms with E-state index in [1.807, 2.05) is 30.3 Å². The van der Waals surface area contributed by atoms with Crippen molar-refractivity contribution in [1.82, 2.24) is 0 Å². The summed E-state index contributed by atoms with van der Waals surface area (Å²) in [5.74, 6) is 0.444. The summed E-state index contributed by atoms with van der Waals surface area (Å²) in [6.07, 6.45) is 0. The van der Waals surface area contributed by atoms with Crippen LogP contribution in [0.5, 0.6) is 5.75 Å². The number of rotatable bonds is 9. The minimum absolute atomic E-state index is 0.151. The number of hydrogen-bond donors (Lipinski definition) is 0. The molecule has 6 aromatic rings. The van der Waals surface area contributed by atoms with Crippen LogP contribution in [0.15, 0.2) is 146 Å². The van der Waals surface area contributed by atoms with Crippen molar-refractivity contribution in [2.75, 3.05) is 3.71 Å². The number of hydrogen-bond acceptors (Lipinski definition) is 7. The fourth-order valence-electron chi connectivity index (χ4n) is 4.98. The van der Waals surface area contributed by atoms with Crippen LogP contribution in [0.25, 0.3) is 22.1 Å². The Morgan fingerprint density at radius 1 is 0.630 bits per heavy atom. The van der Waals surface area contributed by atoms with Crippen molar-refractivity contribution in [2.45, 2.75) is 30.2 Å². The van der Waals surface area contributed by atoms with Crippen LogP contribution in [-0.4, -0.2) is 16.8 Å². The molecule has 0 saturated carbocycles. The number of para-hydroxylation sites is 1. The van der Waals surface area contributed by atoms with Gasteiger partial charge in [0.15, 0.2) is 0 Å². The third-order valence-electron chi connectivity index (χ3n) is 7.42. The molecule has 0 fully saturated rings. The Morgan fingerprint density at radius 2 is 1.20 bits per heavy atom. The van der Waals surface area contributed by atoms with Gasteiger partial charge in [0.2, 0.25) is 0 Å². The summed E-state index contributed by atoms with van der Waals surface area (Å²) >= 11 is 0. The molecule has 0 atom stereocenters. The molecule has 8 nitrogen and oxygen atoms in total. The zero-order chi connectivity index (χ0) is 32.5. The first-order chi connectivity index (χ1) is 22.0. The van der Waals surface area contributed by atoms with Crippen LogP contribution in [-0.2, 0) is 26.7 Å². The Kier molecular flexibility index (Phi) is 8.24. The maximum absolute atomic E-state index is 14.1. The normalized spacial score (nSPS) is 11.8. The van der Waals surface area contributed by atoms with E-state index in [9.17, 15) is 21.6 Å². The molecule has 1 aromatic heterocycles. The second-order valence-corrected chi connectivity index (χ2v) is 14.6. The fourth-order valence-corrected chi connectivity index (χ4v) is 8.66. The molecule has 232 valence electrons. The van der Waals surface area contributed by atoms with Crippen LogP contribution >= 0.6 is 0 Å². The average molecular weight is 652 g/mol. The molecule has 0 radical (unpaired) electrons. The maximum atomic E-state index is 14.1. The van der Waals surface area contributed by atoms with Gasteiger partial charge in [0.05, 0.1) is 21.0 Å². The van der Waals surface area contributed by atoms with Gasteiger partial charge in [-0.05, 0) is 74.0 Å². The predicted molar refractivity (Wildman–Crippen MR) is 178 cm³/mol. The number of sulfonamides is 2. The predicted octanol–water partition coefficient (Wildman–Crippen LogP) is 7.24. The summed E-state index contributed by atoms with van der Waals surface area (Å²) < 4.78 is 68.5. The molecule has 0 aliphatic heterocycles. The molecule has 5 aromatic carbocycles. The standard InChI is InChI=1S/C36H29NO7S2/c1-25-12-17-30(18-13-25)45(39,40)37(46(41,42)31-19-14-26(2)15-20-31)29-16-21-34-28(22-29)23-33(36(38)44-34)32-10-6-7-11-35(32)43-24-27-8-4-3-5-9-27/h3-23H,24H2,1-2H3. The number of nitrogens with zero attached hydrogens (tertiary/aromatic N) is 1. The molecular formula is C36H29NO7S2. The lowest BCUT2D eigenvalue weighted by atomic mass is 10.0. The van der Waals surface area contributed by atoms with Gasteiger partial charge >= 0.3 is 5.63 Å². The Bertz CT molecular complexity index is 2240. The summed E-state index contributed by atoms with van der Waals surface area (Å²) in [6.45, 7) is 3.87. The number of ether oxygens (including phenoxy) is 1. The van der Waals surface area contributed by atoms with E-state index < -0.39 is 25.7 Å². The molecule has 0 aliphatic rings. The molecule has 0 unspecified atom stereocenters. The van der Waals surface area contributed by atoms with E-state index in [4.69, 9.17) is 9.15 Å². The summed E-state index contributed by atoms with van der Waals surface area (Å²) in [4.78, 5) is 12.8. The summed E-state index contributed by atoms with van der Waals surface area (Å²) in [6, 6.07) is 34.1. The monoisotopic (exact) mass is 651 g/mol. The lowest BCUT2D eigenvalue weighted by molar-refractivity contribution is 0.307. The van der Waals surface area contributed by atoms with Crippen LogP contribution in [0, 0.1) is 13.8 Å². The Balaban J connectivity index is 1.49. The minimum atomic E-state index is -4.63.